The van der Waals surface area contributed by atoms with Gasteiger partial charge in [0.2, 0.25) is 0 Å². The number of fused-ring (bicyclic) bond motifs is 3. The van der Waals surface area contributed by atoms with Gasteiger partial charge in [0.1, 0.15) is 0 Å². The highest BCUT2D eigenvalue weighted by atomic mass is 16.5. The molecule has 21 heavy (non-hydrogen) atoms. The van der Waals surface area contributed by atoms with Crippen molar-refractivity contribution in [1.29, 1.82) is 0 Å². The summed E-state index contributed by atoms with van der Waals surface area (Å²) in [6.07, 6.45) is 17.5. The molecule has 0 N–H and O–H groups in total. The van der Waals surface area contributed by atoms with Crippen LogP contribution in [0, 0.1) is 11.8 Å². The molecule has 2 heteroatoms. The number of nitrogens with zero attached hydrogens (tertiary/aromatic N) is 1. The molecule has 0 spiro atoms. The zero-order valence-corrected chi connectivity index (χ0v) is 13.4. The molecule has 2 saturated heterocycles. The molecule has 0 aromatic carbocycles. The van der Waals surface area contributed by atoms with E-state index >= 15 is 0 Å². The van der Waals surface area contributed by atoms with Crippen LogP contribution in [-0.4, -0.2) is 36.7 Å². The maximum atomic E-state index is 6.68. The first-order chi connectivity index (χ1) is 10.4. The Labute approximate surface area is 129 Å². The molecule has 0 aromatic heterocycles. The zero-order valence-electron chi connectivity index (χ0n) is 13.4. The van der Waals surface area contributed by atoms with Gasteiger partial charge in [-0.25, -0.2) is 0 Å². The topological polar surface area (TPSA) is 12.5 Å². The fourth-order valence-corrected chi connectivity index (χ4v) is 5.28. The minimum Gasteiger partial charge on any atom is -0.372 e. The molecule has 2 nitrogen and oxygen atoms in total. The SMILES string of the molecule is C1=C2[C@@H](CCC1)[C@H](CN1CCCCC1)O[C@@H]1CCCC[C@H]21. The van der Waals surface area contributed by atoms with Gasteiger partial charge in [0.15, 0.2) is 0 Å². The van der Waals surface area contributed by atoms with E-state index in [0.717, 1.165) is 11.8 Å². The highest BCUT2D eigenvalue weighted by molar-refractivity contribution is 5.20. The van der Waals surface area contributed by atoms with Crippen LogP contribution in [0.1, 0.15) is 64.2 Å². The van der Waals surface area contributed by atoms with Crippen LogP contribution in [0.4, 0.5) is 0 Å². The Balaban J connectivity index is 1.50. The van der Waals surface area contributed by atoms with Crippen LogP contribution in [0.15, 0.2) is 11.6 Å². The second-order valence-corrected chi connectivity index (χ2v) is 7.71. The number of rotatable bonds is 2. The van der Waals surface area contributed by atoms with Gasteiger partial charge in [0.25, 0.3) is 0 Å². The first-order valence-electron chi connectivity index (χ1n) is 9.49. The second-order valence-electron chi connectivity index (χ2n) is 7.71. The lowest BCUT2D eigenvalue weighted by molar-refractivity contribution is -0.114. The molecule has 2 aliphatic heterocycles. The van der Waals surface area contributed by atoms with Crippen molar-refractivity contribution < 1.29 is 4.74 Å². The Hall–Kier alpha value is -0.340. The number of hydrogen-bond acceptors (Lipinski definition) is 2. The van der Waals surface area contributed by atoms with Crippen molar-refractivity contribution in [1.82, 2.24) is 4.90 Å². The van der Waals surface area contributed by atoms with E-state index in [2.05, 4.69) is 11.0 Å². The largest absolute Gasteiger partial charge is 0.372 e. The lowest BCUT2D eigenvalue weighted by atomic mass is 9.69. The Bertz CT molecular complexity index is 383. The summed E-state index contributed by atoms with van der Waals surface area (Å²) in [5.41, 5.74) is 1.82. The molecule has 0 amide bonds. The molecule has 2 heterocycles. The first-order valence-corrected chi connectivity index (χ1v) is 9.49. The van der Waals surface area contributed by atoms with Crippen molar-refractivity contribution in [3.63, 3.8) is 0 Å². The van der Waals surface area contributed by atoms with Gasteiger partial charge in [0.05, 0.1) is 12.2 Å². The van der Waals surface area contributed by atoms with E-state index in [-0.39, 0.29) is 0 Å². The van der Waals surface area contributed by atoms with Crippen molar-refractivity contribution >= 4 is 0 Å². The van der Waals surface area contributed by atoms with Gasteiger partial charge < -0.3 is 9.64 Å². The molecule has 118 valence electrons. The average molecular weight is 289 g/mol. The Kier molecular flexibility index (Phi) is 4.36. The monoisotopic (exact) mass is 289 g/mol. The average Bonchev–Trinajstić information content (AvgIpc) is 2.56. The maximum Gasteiger partial charge on any atom is 0.0771 e. The van der Waals surface area contributed by atoms with E-state index < -0.39 is 0 Å². The molecule has 1 saturated carbocycles. The molecule has 4 aliphatic rings. The molecular weight excluding hydrogens is 258 g/mol. The highest BCUT2D eigenvalue weighted by Crippen LogP contribution is 2.46. The Morgan fingerprint density at radius 2 is 1.71 bits per heavy atom. The van der Waals surface area contributed by atoms with Crippen LogP contribution >= 0.6 is 0 Å². The number of hydrogen-bond donors (Lipinski definition) is 0. The predicted octanol–water partition coefficient (Wildman–Crippen LogP) is 4.16. The molecule has 0 aromatic rings. The summed E-state index contributed by atoms with van der Waals surface area (Å²) in [6.45, 7) is 3.81. The standard InChI is InChI=1S/C19H31NO/c1-6-12-20(13-7-1)14-19-17-10-3-2-8-15(17)16-9-4-5-11-18(16)21-19/h8,16-19H,1-7,9-14H2/t16-,17-,18-,19+/m1/s1. The van der Waals surface area contributed by atoms with Crippen LogP contribution in [0.25, 0.3) is 0 Å². The summed E-state index contributed by atoms with van der Waals surface area (Å²) in [6, 6.07) is 0. The molecule has 0 unspecified atom stereocenters. The van der Waals surface area contributed by atoms with Gasteiger partial charge in [-0.1, -0.05) is 30.9 Å². The molecule has 0 radical (unpaired) electrons. The number of allylic oxidation sites excluding steroid dienone is 1. The highest BCUT2D eigenvalue weighted by Gasteiger charge is 2.43. The van der Waals surface area contributed by atoms with E-state index in [1.54, 1.807) is 0 Å². The quantitative estimate of drug-likeness (QED) is 0.708. The second kappa shape index (κ2) is 6.42. The van der Waals surface area contributed by atoms with Gasteiger partial charge in [-0.15, -0.1) is 0 Å². The number of ether oxygens (including phenoxy) is 1. The predicted molar refractivity (Wildman–Crippen MR) is 86.3 cm³/mol. The molecule has 4 rings (SSSR count). The molecule has 3 fully saturated rings. The van der Waals surface area contributed by atoms with Crippen LogP contribution in [0.2, 0.25) is 0 Å². The van der Waals surface area contributed by atoms with Crippen LogP contribution < -0.4 is 0 Å². The van der Waals surface area contributed by atoms with Crippen LogP contribution in [-0.2, 0) is 4.74 Å². The third-order valence-electron chi connectivity index (χ3n) is 6.34. The lowest BCUT2D eigenvalue weighted by Crippen LogP contribution is -2.50. The fourth-order valence-electron chi connectivity index (χ4n) is 5.28. The summed E-state index contributed by atoms with van der Waals surface area (Å²) in [7, 11) is 0. The summed E-state index contributed by atoms with van der Waals surface area (Å²) >= 11 is 0. The third-order valence-corrected chi connectivity index (χ3v) is 6.34. The van der Waals surface area contributed by atoms with Crippen molar-refractivity contribution in [2.24, 2.45) is 11.8 Å². The van der Waals surface area contributed by atoms with Gasteiger partial charge in [0, 0.05) is 18.4 Å². The minimum absolute atomic E-state index is 0.494. The number of piperidine rings is 1. The first kappa shape index (κ1) is 14.3. The molecule has 4 atom stereocenters. The van der Waals surface area contributed by atoms with Gasteiger partial charge in [-0.2, -0.15) is 0 Å². The number of likely N-dealkylation sites (tertiary alicyclic amines) is 1. The van der Waals surface area contributed by atoms with Crippen molar-refractivity contribution in [3.8, 4) is 0 Å². The fraction of sp³-hybridized carbons (Fsp3) is 0.895. The lowest BCUT2D eigenvalue weighted by Gasteiger charge is -2.48. The Morgan fingerprint density at radius 3 is 2.62 bits per heavy atom. The molecule has 0 bridgehead atoms. The summed E-state index contributed by atoms with van der Waals surface area (Å²) in [5, 5.41) is 0. The Morgan fingerprint density at radius 1 is 0.905 bits per heavy atom. The summed E-state index contributed by atoms with van der Waals surface area (Å²) < 4.78 is 6.68. The van der Waals surface area contributed by atoms with E-state index in [0.29, 0.717) is 12.2 Å². The third kappa shape index (κ3) is 2.94. The van der Waals surface area contributed by atoms with Gasteiger partial charge in [-0.05, 0) is 58.0 Å². The van der Waals surface area contributed by atoms with Gasteiger partial charge >= 0.3 is 0 Å². The van der Waals surface area contributed by atoms with E-state index in [4.69, 9.17) is 4.74 Å². The van der Waals surface area contributed by atoms with E-state index in [1.807, 2.05) is 5.57 Å². The van der Waals surface area contributed by atoms with Crippen molar-refractivity contribution in [2.75, 3.05) is 19.6 Å². The molecular formula is C19H31NO. The molecule has 2 aliphatic carbocycles. The van der Waals surface area contributed by atoms with Crippen molar-refractivity contribution in [3.05, 3.63) is 11.6 Å². The van der Waals surface area contributed by atoms with Crippen LogP contribution in [0.3, 0.4) is 0 Å². The minimum atomic E-state index is 0.494. The maximum absolute atomic E-state index is 6.68. The normalized spacial score (nSPS) is 41.0. The summed E-state index contributed by atoms with van der Waals surface area (Å²) in [5.74, 6) is 1.53. The van der Waals surface area contributed by atoms with Gasteiger partial charge in [-0.3, -0.25) is 0 Å². The zero-order chi connectivity index (χ0) is 14.1. The summed E-state index contributed by atoms with van der Waals surface area (Å²) in [4.78, 5) is 2.68. The van der Waals surface area contributed by atoms with Crippen LogP contribution in [0.5, 0.6) is 0 Å². The van der Waals surface area contributed by atoms with E-state index in [1.165, 1.54) is 83.8 Å². The van der Waals surface area contributed by atoms with Crippen molar-refractivity contribution in [2.45, 2.75) is 76.4 Å². The van der Waals surface area contributed by atoms with E-state index in [9.17, 15) is 0 Å². The smallest absolute Gasteiger partial charge is 0.0771 e.